The maximum absolute atomic E-state index is 8.70. The number of hydrogen-bond donors (Lipinski definition) is 0. The normalized spacial score (nSPS) is 8.46. The molecule has 1 aromatic rings. The molecule has 0 bridgehead atoms. The molecule has 0 spiro atoms. The van der Waals surface area contributed by atoms with E-state index in [0.717, 1.165) is 0 Å². The van der Waals surface area contributed by atoms with Gasteiger partial charge in [-0.15, -0.1) is 12.3 Å². The predicted molar refractivity (Wildman–Crippen MR) is 50.1 cm³/mol. The molecule has 13 heavy (non-hydrogen) atoms. The van der Waals surface area contributed by atoms with E-state index in [1.54, 1.807) is 18.2 Å². The number of terminal acetylenes is 1. The largest absolute Gasteiger partial charge is 0.491 e. The predicted octanol–water partition coefficient (Wildman–Crippen LogP) is 1.96. The average Bonchev–Trinajstić information content (AvgIpc) is 2.19. The molecule has 0 aliphatic heterocycles. The Morgan fingerprint density at radius 1 is 1.38 bits per heavy atom. The second-order valence-corrected chi connectivity index (χ2v) is 2.41. The van der Waals surface area contributed by atoms with Crippen molar-refractivity contribution in [3.8, 4) is 24.2 Å². The first-order valence-electron chi connectivity index (χ1n) is 3.94. The van der Waals surface area contributed by atoms with Crippen molar-refractivity contribution in [2.45, 2.75) is 6.42 Å². The van der Waals surface area contributed by atoms with E-state index in [4.69, 9.17) is 16.4 Å². The van der Waals surface area contributed by atoms with Gasteiger partial charge in [-0.05, 0) is 12.1 Å². The molecule has 0 unspecified atom stereocenters. The number of benzene rings is 1. The topological polar surface area (TPSA) is 33.0 Å². The van der Waals surface area contributed by atoms with Crippen LogP contribution in [0.3, 0.4) is 0 Å². The summed E-state index contributed by atoms with van der Waals surface area (Å²) in [5.41, 5.74) is 0.541. The maximum Gasteiger partial charge on any atom is 0.137 e. The third-order valence-corrected chi connectivity index (χ3v) is 1.51. The standard InChI is InChI=1S/C11H9NO/c1-2-3-8-13-11-7-5-4-6-10(11)9-12/h1,4-7H,3,8H2. The Hall–Kier alpha value is -1.93. The van der Waals surface area contributed by atoms with Crippen molar-refractivity contribution in [2.75, 3.05) is 6.61 Å². The van der Waals surface area contributed by atoms with E-state index in [-0.39, 0.29) is 0 Å². The summed E-state index contributed by atoms with van der Waals surface area (Å²) in [6.07, 6.45) is 5.62. The zero-order valence-electron chi connectivity index (χ0n) is 7.16. The van der Waals surface area contributed by atoms with E-state index in [1.165, 1.54) is 0 Å². The van der Waals surface area contributed by atoms with Gasteiger partial charge >= 0.3 is 0 Å². The van der Waals surface area contributed by atoms with Crippen molar-refractivity contribution in [3.05, 3.63) is 29.8 Å². The van der Waals surface area contributed by atoms with Gasteiger partial charge in [0.2, 0.25) is 0 Å². The lowest BCUT2D eigenvalue weighted by atomic mass is 10.2. The van der Waals surface area contributed by atoms with Gasteiger partial charge in [-0.2, -0.15) is 5.26 Å². The van der Waals surface area contributed by atoms with Crippen LogP contribution >= 0.6 is 0 Å². The molecule has 0 amide bonds. The van der Waals surface area contributed by atoms with Gasteiger partial charge in [0.25, 0.3) is 0 Å². The number of para-hydroxylation sites is 1. The van der Waals surface area contributed by atoms with Crippen LogP contribution in [0.4, 0.5) is 0 Å². The fourth-order valence-corrected chi connectivity index (χ4v) is 0.905. The number of ether oxygens (including phenoxy) is 1. The van der Waals surface area contributed by atoms with Gasteiger partial charge in [0.15, 0.2) is 0 Å². The summed E-state index contributed by atoms with van der Waals surface area (Å²) in [6, 6.07) is 9.14. The van der Waals surface area contributed by atoms with Crippen LogP contribution in [0.5, 0.6) is 5.75 Å². The molecule has 0 heterocycles. The molecule has 2 nitrogen and oxygen atoms in total. The zero-order chi connectivity index (χ0) is 9.52. The molecule has 0 atom stereocenters. The molecule has 0 aliphatic rings. The number of nitrogens with zero attached hydrogens (tertiary/aromatic N) is 1. The number of hydrogen-bond acceptors (Lipinski definition) is 2. The third kappa shape index (κ3) is 2.54. The van der Waals surface area contributed by atoms with Gasteiger partial charge in [-0.3, -0.25) is 0 Å². The van der Waals surface area contributed by atoms with E-state index >= 15 is 0 Å². The van der Waals surface area contributed by atoms with Gasteiger partial charge in [-0.1, -0.05) is 12.1 Å². The second-order valence-electron chi connectivity index (χ2n) is 2.41. The lowest BCUT2D eigenvalue weighted by Crippen LogP contribution is -1.97. The van der Waals surface area contributed by atoms with Crippen molar-refractivity contribution in [1.82, 2.24) is 0 Å². The van der Waals surface area contributed by atoms with Crippen molar-refractivity contribution in [3.63, 3.8) is 0 Å². The Kier molecular flexibility index (Phi) is 3.42. The Labute approximate surface area is 77.8 Å². The van der Waals surface area contributed by atoms with Crippen LogP contribution in [0.25, 0.3) is 0 Å². The van der Waals surface area contributed by atoms with Crippen LogP contribution in [-0.4, -0.2) is 6.61 Å². The summed E-state index contributed by atoms with van der Waals surface area (Å²) in [6.45, 7) is 0.454. The summed E-state index contributed by atoms with van der Waals surface area (Å²) in [5, 5.41) is 8.70. The molecule has 0 saturated carbocycles. The van der Waals surface area contributed by atoms with Gasteiger partial charge in [0.05, 0.1) is 12.2 Å². The minimum atomic E-state index is 0.454. The minimum Gasteiger partial charge on any atom is -0.491 e. The Morgan fingerprint density at radius 3 is 2.85 bits per heavy atom. The average molecular weight is 171 g/mol. The van der Waals surface area contributed by atoms with Crippen LogP contribution in [0.1, 0.15) is 12.0 Å². The highest BCUT2D eigenvalue weighted by molar-refractivity contribution is 5.42. The quantitative estimate of drug-likeness (QED) is 0.514. The highest BCUT2D eigenvalue weighted by Gasteiger charge is 1.99. The molecule has 2 heteroatoms. The van der Waals surface area contributed by atoms with Crippen LogP contribution in [0.2, 0.25) is 0 Å². The summed E-state index contributed by atoms with van der Waals surface area (Å²) < 4.78 is 5.30. The van der Waals surface area contributed by atoms with Crippen LogP contribution < -0.4 is 4.74 Å². The monoisotopic (exact) mass is 171 g/mol. The zero-order valence-corrected chi connectivity index (χ0v) is 7.16. The lowest BCUT2D eigenvalue weighted by Gasteiger charge is -2.04. The van der Waals surface area contributed by atoms with Crippen LogP contribution in [0, 0.1) is 23.7 Å². The van der Waals surface area contributed by atoms with E-state index in [2.05, 4.69) is 5.92 Å². The van der Waals surface area contributed by atoms with Crippen molar-refractivity contribution >= 4 is 0 Å². The first kappa shape index (κ1) is 9.16. The second kappa shape index (κ2) is 4.85. The molecule has 0 aliphatic carbocycles. The minimum absolute atomic E-state index is 0.454. The van der Waals surface area contributed by atoms with Crippen molar-refractivity contribution in [2.24, 2.45) is 0 Å². The third-order valence-electron chi connectivity index (χ3n) is 1.51. The molecule has 64 valence electrons. The number of rotatable bonds is 3. The molecule has 0 radical (unpaired) electrons. The van der Waals surface area contributed by atoms with E-state index in [0.29, 0.717) is 24.3 Å². The molecule has 1 rings (SSSR count). The smallest absolute Gasteiger partial charge is 0.137 e. The highest BCUT2D eigenvalue weighted by atomic mass is 16.5. The fraction of sp³-hybridized carbons (Fsp3) is 0.182. The summed E-state index contributed by atoms with van der Waals surface area (Å²) in [4.78, 5) is 0. The van der Waals surface area contributed by atoms with Crippen molar-refractivity contribution in [1.29, 1.82) is 5.26 Å². The van der Waals surface area contributed by atoms with Crippen molar-refractivity contribution < 1.29 is 4.74 Å². The van der Waals surface area contributed by atoms with E-state index in [9.17, 15) is 0 Å². The summed E-state index contributed by atoms with van der Waals surface area (Å²) in [7, 11) is 0. The SMILES string of the molecule is C#CCCOc1ccccc1C#N. The molecule has 0 N–H and O–H groups in total. The van der Waals surface area contributed by atoms with Gasteiger partial charge in [0.1, 0.15) is 11.8 Å². The fourth-order valence-electron chi connectivity index (χ4n) is 0.905. The van der Waals surface area contributed by atoms with Gasteiger partial charge in [0, 0.05) is 6.42 Å². The molecule has 0 saturated heterocycles. The number of nitriles is 1. The Morgan fingerprint density at radius 2 is 2.15 bits per heavy atom. The van der Waals surface area contributed by atoms with Gasteiger partial charge in [-0.25, -0.2) is 0 Å². The van der Waals surface area contributed by atoms with E-state index < -0.39 is 0 Å². The molecular weight excluding hydrogens is 162 g/mol. The van der Waals surface area contributed by atoms with Crippen LogP contribution in [-0.2, 0) is 0 Å². The molecule has 1 aromatic carbocycles. The molecule has 0 aromatic heterocycles. The highest BCUT2D eigenvalue weighted by Crippen LogP contribution is 2.16. The Bertz CT molecular complexity index is 357. The van der Waals surface area contributed by atoms with Gasteiger partial charge < -0.3 is 4.74 Å². The van der Waals surface area contributed by atoms with Crippen LogP contribution in [0.15, 0.2) is 24.3 Å². The lowest BCUT2D eigenvalue weighted by molar-refractivity contribution is 0.326. The summed E-state index contributed by atoms with van der Waals surface area (Å²) in [5.74, 6) is 3.06. The molecular formula is C11H9NO. The first-order chi connectivity index (χ1) is 6.38. The Balaban J connectivity index is 2.67. The first-order valence-corrected chi connectivity index (χ1v) is 3.94. The summed E-state index contributed by atoms with van der Waals surface area (Å²) >= 11 is 0. The van der Waals surface area contributed by atoms with E-state index in [1.807, 2.05) is 12.1 Å². The molecule has 0 fully saturated rings. The maximum atomic E-state index is 8.70.